The van der Waals surface area contributed by atoms with E-state index >= 15 is 0 Å². The second kappa shape index (κ2) is 9.13. The third-order valence-corrected chi connectivity index (χ3v) is 6.27. The minimum Gasteiger partial charge on any atom is -0.475 e. The lowest BCUT2D eigenvalue weighted by Gasteiger charge is -2.35. The maximum Gasteiger partial charge on any atom is 0.258 e. The number of carbonyl (C=O) groups excluding carboxylic acids is 1. The summed E-state index contributed by atoms with van der Waals surface area (Å²) in [6, 6.07) is 2.18. The van der Waals surface area contributed by atoms with E-state index in [2.05, 4.69) is 21.9 Å². The Balaban J connectivity index is 1.61. The lowest BCUT2D eigenvalue weighted by Crippen LogP contribution is -2.46. The molecular weight excluding hydrogens is 416 g/mol. The zero-order chi connectivity index (χ0) is 23.0. The van der Waals surface area contributed by atoms with E-state index in [0.717, 1.165) is 31.6 Å². The molecule has 2 aliphatic rings. The Morgan fingerprint density at radius 1 is 1.19 bits per heavy atom. The fourth-order valence-corrected chi connectivity index (χ4v) is 4.57. The zero-order valence-electron chi connectivity index (χ0n) is 19.1. The van der Waals surface area contributed by atoms with Crippen LogP contribution in [-0.2, 0) is 4.79 Å². The van der Waals surface area contributed by atoms with Crippen LogP contribution in [0.15, 0.2) is 12.1 Å². The molecule has 2 aliphatic heterocycles. The van der Waals surface area contributed by atoms with Crippen LogP contribution in [-0.4, -0.2) is 78.1 Å². The van der Waals surface area contributed by atoms with Crippen LogP contribution in [0.3, 0.4) is 0 Å². The molecule has 2 saturated heterocycles. The van der Waals surface area contributed by atoms with Crippen LogP contribution in [0, 0.1) is 23.5 Å². The van der Waals surface area contributed by atoms with Crippen molar-refractivity contribution in [1.82, 2.24) is 19.8 Å². The van der Waals surface area contributed by atoms with E-state index in [1.54, 1.807) is 0 Å². The first-order valence-electron chi connectivity index (χ1n) is 11.3. The summed E-state index contributed by atoms with van der Waals surface area (Å²) in [6.45, 7) is 10.1. The first kappa shape index (κ1) is 22.6. The van der Waals surface area contributed by atoms with E-state index in [1.807, 2.05) is 30.6 Å². The molecule has 2 aromatic rings. The topological polar surface area (TPSA) is 61.8 Å². The van der Waals surface area contributed by atoms with Crippen LogP contribution in [0.2, 0.25) is 0 Å². The molecule has 3 heterocycles. The third kappa shape index (κ3) is 4.48. The van der Waals surface area contributed by atoms with Crippen LogP contribution in [0.4, 0.5) is 14.6 Å². The molecule has 9 heteroatoms. The summed E-state index contributed by atoms with van der Waals surface area (Å²) in [5.74, 6) is -0.598. The van der Waals surface area contributed by atoms with Gasteiger partial charge in [0.05, 0.1) is 23.7 Å². The van der Waals surface area contributed by atoms with E-state index in [0.29, 0.717) is 43.9 Å². The first-order valence-corrected chi connectivity index (χ1v) is 11.3. The number of nitrogens with zero attached hydrogens (tertiary/aromatic N) is 5. The van der Waals surface area contributed by atoms with Crippen molar-refractivity contribution in [3.05, 3.63) is 23.8 Å². The smallest absolute Gasteiger partial charge is 0.258 e. The van der Waals surface area contributed by atoms with Crippen LogP contribution in [0.5, 0.6) is 5.88 Å². The number of hydrogen-bond acceptors (Lipinski definition) is 6. The van der Waals surface area contributed by atoms with Gasteiger partial charge in [0.25, 0.3) is 5.88 Å². The normalized spacial score (nSPS) is 19.6. The average molecular weight is 448 g/mol. The number of amides is 1. The highest BCUT2D eigenvalue weighted by Gasteiger charge is 2.33. The third-order valence-electron chi connectivity index (χ3n) is 6.27. The zero-order valence-corrected chi connectivity index (χ0v) is 19.1. The monoisotopic (exact) mass is 447 g/mol. The summed E-state index contributed by atoms with van der Waals surface area (Å²) < 4.78 is 33.7. The number of aromatic nitrogens is 2. The molecule has 0 bridgehead atoms. The molecular formula is C23H31F2N5O2. The van der Waals surface area contributed by atoms with Gasteiger partial charge in [-0.25, -0.2) is 18.7 Å². The average Bonchev–Trinajstić information content (AvgIpc) is 3.21. The Kier molecular flexibility index (Phi) is 6.46. The number of likely N-dealkylation sites (tertiary alicyclic amines) is 1. The number of fused-ring (bicyclic) bond motifs is 1. The standard InChI is InChI=1S/C23H31F2N5O2/c1-5-30(23(31)14(2)3)16-6-7-29(12-16)21-22(32-13-15-10-28(4)11-15)27-20-9-18(25)17(24)8-19(20)26-21/h8-9,14-16H,5-7,10-13H2,1-4H3/t16-/m0/s1. The lowest BCUT2D eigenvalue weighted by molar-refractivity contribution is -0.136. The molecule has 2 fully saturated rings. The second-order valence-electron chi connectivity index (χ2n) is 9.17. The minimum absolute atomic E-state index is 0.0606. The fraction of sp³-hybridized carbons (Fsp3) is 0.609. The number of likely N-dealkylation sites (N-methyl/N-ethyl adjacent to an activating group) is 1. The maximum absolute atomic E-state index is 13.8. The van der Waals surface area contributed by atoms with E-state index in [1.165, 1.54) is 0 Å². The molecule has 0 N–H and O–H groups in total. The molecule has 4 rings (SSSR count). The van der Waals surface area contributed by atoms with Crippen molar-refractivity contribution < 1.29 is 18.3 Å². The Bertz CT molecular complexity index is 996. The van der Waals surface area contributed by atoms with E-state index < -0.39 is 11.6 Å². The number of anilines is 1. The lowest BCUT2D eigenvalue weighted by atomic mass is 10.0. The van der Waals surface area contributed by atoms with Gasteiger partial charge in [0, 0.05) is 56.7 Å². The van der Waals surface area contributed by atoms with Gasteiger partial charge < -0.3 is 19.4 Å². The summed E-state index contributed by atoms with van der Waals surface area (Å²) in [5.41, 5.74) is 0.540. The van der Waals surface area contributed by atoms with Crippen molar-refractivity contribution in [2.24, 2.45) is 11.8 Å². The number of hydrogen-bond donors (Lipinski definition) is 0. The SMILES string of the molecule is CCN(C(=O)C(C)C)[C@H]1CCN(c2nc3cc(F)c(F)cc3nc2OCC2CN(C)C2)C1. The number of benzene rings is 1. The second-order valence-corrected chi connectivity index (χ2v) is 9.17. The summed E-state index contributed by atoms with van der Waals surface area (Å²) >= 11 is 0. The van der Waals surface area contributed by atoms with Crippen LogP contribution < -0.4 is 9.64 Å². The molecule has 174 valence electrons. The highest BCUT2D eigenvalue weighted by Crippen LogP contribution is 2.32. The van der Waals surface area contributed by atoms with Crippen LogP contribution >= 0.6 is 0 Å². The van der Waals surface area contributed by atoms with Crippen molar-refractivity contribution in [1.29, 1.82) is 0 Å². The van der Waals surface area contributed by atoms with Crippen molar-refractivity contribution in [3.63, 3.8) is 0 Å². The molecule has 0 radical (unpaired) electrons. The van der Waals surface area contributed by atoms with Crippen molar-refractivity contribution in [2.75, 3.05) is 51.3 Å². The predicted molar refractivity (Wildman–Crippen MR) is 119 cm³/mol. The Morgan fingerprint density at radius 3 is 2.44 bits per heavy atom. The van der Waals surface area contributed by atoms with E-state index in [-0.39, 0.29) is 28.9 Å². The van der Waals surface area contributed by atoms with Gasteiger partial charge in [-0.05, 0) is 20.4 Å². The Labute approximate surface area is 187 Å². The van der Waals surface area contributed by atoms with Crippen LogP contribution in [0.25, 0.3) is 11.0 Å². The van der Waals surface area contributed by atoms with Gasteiger partial charge >= 0.3 is 0 Å². The highest BCUT2D eigenvalue weighted by molar-refractivity contribution is 5.79. The summed E-state index contributed by atoms with van der Waals surface area (Å²) in [5, 5.41) is 0. The molecule has 7 nitrogen and oxygen atoms in total. The van der Waals surface area contributed by atoms with Crippen molar-refractivity contribution >= 4 is 22.8 Å². The fourth-order valence-electron chi connectivity index (χ4n) is 4.57. The van der Waals surface area contributed by atoms with E-state index in [4.69, 9.17) is 4.74 Å². The number of halogens is 2. The summed E-state index contributed by atoms with van der Waals surface area (Å²) in [4.78, 5) is 27.9. The first-order chi connectivity index (χ1) is 15.3. The predicted octanol–water partition coefficient (Wildman–Crippen LogP) is 2.93. The molecule has 0 saturated carbocycles. The Morgan fingerprint density at radius 2 is 1.84 bits per heavy atom. The van der Waals surface area contributed by atoms with E-state index in [9.17, 15) is 13.6 Å². The van der Waals surface area contributed by atoms with Gasteiger partial charge in [-0.15, -0.1) is 0 Å². The van der Waals surface area contributed by atoms with Gasteiger partial charge in [0.1, 0.15) is 0 Å². The molecule has 1 amide bonds. The molecule has 0 spiro atoms. The van der Waals surface area contributed by atoms with Gasteiger partial charge in [-0.3, -0.25) is 4.79 Å². The highest BCUT2D eigenvalue weighted by atomic mass is 19.2. The Hall–Kier alpha value is -2.55. The molecule has 1 aromatic heterocycles. The van der Waals surface area contributed by atoms with Gasteiger partial charge in [0.15, 0.2) is 17.5 Å². The molecule has 0 unspecified atom stereocenters. The van der Waals surface area contributed by atoms with Gasteiger partial charge in [0.2, 0.25) is 5.91 Å². The number of carbonyl (C=O) groups is 1. The molecule has 1 aromatic carbocycles. The molecule has 0 aliphatic carbocycles. The summed E-state index contributed by atoms with van der Waals surface area (Å²) in [6.07, 6.45) is 0.802. The van der Waals surface area contributed by atoms with Crippen molar-refractivity contribution in [3.8, 4) is 5.88 Å². The number of rotatable bonds is 7. The van der Waals surface area contributed by atoms with Gasteiger partial charge in [-0.1, -0.05) is 13.8 Å². The van der Waals surface area contributed by atoms with Crippen LogP contribution in [0.1, 0.15) is 27.2 Å². The quantitative estimate of drug-likeness (QED) is 0.651. The molecule has 1 atom stereocenters. The maximum atomic E-state index is 13.8. The molecule has 32 heavy (non-hydrogen) atoms. The minimum atomic E-state index is -0.960. The van der Waals surface area contributed by atoms with Gasteiger partial charge in [-0.2, -0.15) is 0 Å². The number of ether oxygens (including phenoxy) is 1. The largest absolute Gasteiger partial charge is 0.475 e. The van der Waals surface area contributed by atoms with Crippen molar-refractivity contribution in [2.45, 2.75) is 33.2 Å². The summed E-state index contributed by atoms with van der Waals surface area (Å²) in [7, 11) is 2.05.